The van der Waals surface area contributed by atoms with Crippen LogP contribution in [0.15, 0.2) is 71.7 Å². The van der Waals surface area contributed by atoms with Crippen molar-refractivity contribution in [3.05, 3.63) is 93.5 Å². The largest absolute Gasteiger partial charge is 0.299 e. The van der Waals surface area contributed by atoms with Crippen LogP contribution >= 0.6 is 11.6 Å². The summed E-state index contributed by atoms with van der Waals surface area (Å²) in [6, 6.07) is 17.8. The molecule has 0 aliphatic heterocycles. The Kier molecular flexibility index (Phi) is 4.48. The topological polar surface area (TPSA) is 94.2 Å². The van der Waals surface area contributed by atoms with Crippen LogP contribution in [0.1, 0.15) is 16.1 Å². The molecular weight excluding hydrogens is 416 g/mol. The molecule has 0 radical (unpaired) electrons. The Hall–Kier alpha value is -4.04. The zero-order valence-corrected chi connectivity index (χ0v) is 17.0. The summed E-state index contributed by atoms with van der Waals surface area (Å²) in [5, 5.41) is 13.5. The summed E-state index contributed by atoms with van der Waals surface area (Å²) in [5.74, 6) is -0.451. The molecule has 0 aliphatic rings. The molecule has 9 heteroatoms. The molecule has 152 valence electrons. The van der Waals surface area contributed by atoms with Crippen molar-refractivity contribution in [2.45, 2.75) is 6.92 Å². The van der Waals surface area contributed by atoms with Crippen LogP contribution in [0.3, 0.4) is 0 Å². The Morgan fingerprint density at radius 1 is 1.00 bits per heavy atom. The van der Waals surface area contributed by atoms with Gasteiger partial charge in [-0.3, -0.25) is 15.0 Å². The number of hydrogen-bond donors (Lipinski definition) is 1. The van der Waals surface area contributed by atoms with Crippen molar-refractivity contribution in [2.75, 3.05) is 5.43 Å². The standard InChI is InChI=1S/C22H15ClN6O2/c1-13-18(14-5-3-2-4-6-14)20-25-24-19-17(29(20)26-13)11-12-28(22(19)31)27-21(30)15-7-9-16(23)10-8-15/h2-12H,1H3,(H,27,30). The van der Waals surface area contributed by atoms with E-state index in [1.165, 1.54) is 6.20 Å². The highest BCUT2D eigenvalue weighted by Crippen LogP contribution is 2.27. The van der Waals surface area contributed by atoms with Gasteiger partial charge in [0.2, 0.25) is 0 Å². The van der Waals surface area contributed by atoms with Crippen molar-refractivity contribution >= 4 is 34.2 Å². The molecule has 1 amide bonds. The number of pyridine rings is 1. The van der Waals surface area contributed by atoms with Crippen LogP contribution in [0.4, 0.5) is 0 Å². The van der Waals surface area contributed by atoms with Gasteiger partial charge in [0.1, 0.15) is 5.52 Å². The van der Waals surface area contributed by atoms with Crippen LogP contribution in [0.25, 0.3) is 27.8 Å². The Morgan fingerprint density at radius 3 is 2.48 bits per heavy atom. The van der Waals surface area contributed by atoms with E-state index in [9.17, 15) is 9.59 Å². The number of carbonyl (C=O) groups is 1. The van der Waals surface area contributed by atoms with Crippen LogP contribution in [0.2, 0.25) is 5.02 Å². The molecule has 0 saturated carbocycles. The molecule has 3 aromatic heterocycles. The second kappa shape index (κ2) is 7.33. The summed E-state index contributed by atoms with van der Waals surface area (Å²) < 4.78 is 2.68. The molecule has 0 bridgehead atoms. The van der Waals surface area contributed by atoms with Gasteiger partial charge in [-0.05, 0) is 42.8 Å². The highest BCUT2D eigenvalue weighted by Gasteiger charge is 2.18. The molecular formula is C22H15ClN6O2. The number of aromatic nitrogens is 5. The molecule has 2 aromatic carbocycles. The molecule has 5 aromatic rings. The number of rotatable bonds is 3. The normalized spacial score (nSPS) is 11.2. The fourth-order valence-electron chi connectivity index (χ4n) is 3.46. The molecule has 5 rings (SSSR count). The quantitative estimate of drug-likeness (QED) is 0.473. The predicted molar refractivity (Wildman–Crippen MR) is 118 cm³/mol. The zero-order chi connectivity index (χ0) is 21.5. The van der Waals surface area contributed by atoms with Gasteiger partial charge >= 0.3 is 0 Å². The Bertz CT molecular complexity index is 1510. The van der Waals surface area contributed by atoms with Gasteiger partial charge < -0.3 is 0 Å². The molecule has 0 fully saturated rings. The predicted octanol–water partition coefficient (Wildman–Crippen LogP) is 3.45. The molecule has 1 N–H and O–H groups in total. The fourth-order valence-corrected chi connectivity index (χ4v) is 3.59. The van der Waals surface area contributed by atoms with Gasteiger partial charge in [-0.25, -0.2) is 9.19 Å². The summed E-state index contributed by atoms with van der Waals surface area (Å²) in [5.41, 5.74) is 6.15. The molecule has 8 nitrogen and oxygen atoms in total. The molecule has 0 atom stereocenters. The van der Waals surface area contributed by atoms with Gasteiger partial charge in [0, 0.05) is 16.8 Å². The first-order chi connectivity index (χ1) is 15.0. The van der Waals surface area contributed by atoms with E-state index in [4.69, 9.17) is 11.6 Å². The van der Waals surface area contributed by atoms with Crippen LogP contribution < -0.4 is 11.0 Å². The summed E-state index contributed by atoms with van der Waals surface area (Å²) in [4.78, 5) is 25.4. The minimum absolute atomic E-state index is 0.0912. The highest BCUT2D eigenvalue weighted by molar-refractivity contribution is 6.30. The minimum Gasteiger partial charge on any atom is -0.267 e. The third-order valence-corrected chi connectivity index (χ3v) is 5.20. The van der Waals surface area contributed by atoms with E-state index < -0.39 is 11.5 Å². The highest BCUT2D eigenvalue weighted by atomic mass is 35.5. The lowest BCUT2D eigenvalue weighted by Gasteiger charge is -2.09. The maximum atomic E-state index is 12.9. The summed E-state index contributed by atoms with van der Waals surface area (Å²) in [6.07, 6.45) is 1.47. The number of halogens is 1. The lowest BCUT2D eigenvalue weighted by atomic mass is 10.1. The van der Waals surface area contributed by atoms with Crippen molar-refractivity contribution in [2.24, 2.45) is 0 Å². The number of nitrogens with one attached hydrogen (secondary N) is 1. The number of aryl methyl sites for hydroxylation is 1. The summed E-state index contributed by atoms with van der Waals surface area (Å²) in [6.45, 7) is 1.89. The fraction of sp³-hybridized carbons (Fsp3) is 0.0455. The van der Waals surface area contributed by atoms with Gasteiger partial charge in [-0.1, -0.05) is 41.9 Å². The minimum atomic E-state index is -0.511. The third-order valence-electron chi connectivity index (χ3n) is 4.95. The average molecular weight is 431 g/mol. The number of nitrogens with zero attached hydrogens (tertiary/aromatic N) is 5. The first-order valence-corrected chi connectivity index (χ1v) is 9.80. The van der Waals surface area contributed by atoms with Gasteiger partial charge in [0.05, 0.1) is 11.3 Å². The molecule has 3 heterocycles. The lowest BCUT2D eigenvalue weighted by Crippen LogP contribution is -2.33. The Morgan fingerprint density at radius 2 is 1.74 bits per heavy atom. The molecule has 0 spiro atoms. The van der Waals surface area contributed by atoms with Crippen molar-refractivity contribution in [1.82, 2.24) is 24.5 Å². The van der Waals surface area contributed by atoms with Crippen molar-refractivity contribution in [3.8, 4) is 11.1 Å². The van der Waals surface area contributed by atoms with E-state index in [2.05, 4.69) is 20.7 Å². The number of amides is 1. The summed E-state index contributed by atoms with van der Waals surface area (Å²) >= 11 is 5.86. The number of carbonyl (C=O) groups excluding carboxylic acids is 1. The van der Waals surface area contributed by atoms with Crippen molar-refractivity contribution in [1.29, 1.82) is 0 Å². The molecule has 0 unspecified atom stereocenters. The monoisotopic (exact) mass is 430 g/mol. The maximum absolute atomic E-state index is 12.9. The second-order valence-corrected chi connectivity index (χ2v) is 7.37. The van der Waals surface area contributed by atoms with E-state index >= 15 is 0 Å². The van der Waals surface area contributed by atoms with Gasteiger partial charge in [0.25, 0.3) is 11.5 Å². The van der Waals surface area contributed by atoms with Gasteiger partial charge in [-0.15, -0.1) is 10.2 Å². The first kappa shape index (κ1) is 19.0. The first-order valence-electron chi connectivity index (χ1n) is 9.42. The number of hydrogen-bond acceptors (Lipinski definition) is 5. The Labute approximate surface area is 180 Å². The van der Waals surface area contributed by atoms with Crippen molar-refractivity contribution < 1.29 is 4.79 Å². The van der Waals surface area contributed by atoms with Gasteiger partial charge in [0.15, 0.2) is 11.2 Å². The summed E-state index contributed by atoms with van der Waals surface area (Å²) in [7, 11) is 0. The van der Waals surface area contributed by atoms with E-state index in [1.807, 2.05) is 37.3 Å². The van der Waals surface area contributed by atoms with E-state index in [0.717, 1.165) is 21.5 Å². The maximum Gasteiger partial charge on any atom is 0.299 e. The van der Waals surface area contributed by atoms with E-state index in [-0.39, 0.29) is 5.52 Å². The Balaban J connectivity index is 1.59. The van der Waals surface area contributed by atoms with Crippen molar-refractivity contribution in [3.63, 3.8) is 0 Å². The average Bonchev–Trinajstić information content (AvgIpc) is 3.12. The molecule has 31 heavy (non-hydrogen) atoms. The lowest BCUT2D eigenvalue weighted by molar-refractivity contribution is 0.101. The van der Waals surface area contributed by atoms with E-state index in [0.29, 0.717) is 21.7 Å². The smallest absolute Gasteiger partial charge is 0.267 e. The molecule has 0 saturated heterocycles. The van der Waals surface area contributed by atoms with Crippen LogP contribution in [0.5, 0.6) is 0 Å². The number of benzene rings is 2. The van der Waals surface area contributed by atoms with E-state index in [1.54, 1.807) is 34.8 Å². The molecule has 0 aliphatic carbocycles. The van der Waals surface area contributed by atoms with Crippen LogP contribution in [-0.2, 0) is 0 Å². The SMILES string of the molecule is Cc1nn2c(nnc3c(=O)n(NC(=O)c4ccc(Cl)cc4)ccc32)c1-c1ccccc1. The third kappa shape index (κ3) is 3.23. The van der Waals surface area contributed by atoms with Crippen LogP contribution in [-0.4, -0.2) is 30.4 Å². The van der Waals surface area contributed by atoms with Gasteiger partial charge in [-0.2, -0.15) is 5.10 Å². The number of fused-ring (bicyclic) bond motifs is 3. The van der Waals surface area contributed by atoms with Crippen LogP contribution in [0, 0.1) is 6.92 Å². The second-order valence-electron chi connectivity index (χ2n) is 6.93. The zero-order valence-electron chi connectivity index (χ0n) is 16.3.